The summed E-state index contributed by atoms with van der Waals surface area (Å²) in [5, 5.41) is 0. The van der Waals surface area contributed by atoms with Crippen LogP contribution in [0.1, 0.15) is 18.2 Å². The zero-order valence-corrected chi connectivity index (χ0v) is 15.9. The number of rotatable bonds is 6. The number of hydrogen-bond donors (Lipinski definition) is 1. The van der Waals surface area contributed by atoms with Gasteiger partial charge < -0.3 is 15.1 Å². The highest BCUT2D eigenvalue weighted by molar-refractivity contribution is 7.92. The third-order valence-corrected chi connectivity index (χ3v) is 5.56. The lowest BCUT2D eigenvalue weighted by atomic mass is 10.1. The third-order valence-electron chi connectivity index (χ3n) is 4.08. The number of alkyl halides is 3. The molecule has 2 heterocycles. The van der Waals surface area contributed by atoms with Crippen LogP contribution < -0.4 is 10.6 Å². The predicted octanol–water partition coefficient (Wildman–Crippen LogP) is 3.24. The summed E-state index contributed by atoms with van der Waals surface area (Å²) in [7, 11) is -5.46. The van der Waals surface area contributed by atoms with Gasteiger partial charge in [-0.15, -0.1) is 0 Å². The fourth-order valence-corrected chi connectivity index (χ4v) is 3.50. The van der Waals surface area contributed by atoms with E-state index >= 15 is 0 Å². The number of hydrogen-bond acceptors (Lipinski definition) is 8. The van der Waals surface area contributed by atoms with Gasteiger partial charge in [-0.25, -0.2) is 18.4 Å². The predicted molar refractivity (Wildman–Crippen MR) is 97.9 cm³/mol. The van der Waals surface area contributed by atoms with Crippen LogP contribution in [0.5, 0.6) is 0 Å². The van der Waals surface area contributed by atoms with Crippen LogP contribution in [-0.4, -0.2) is 28.9 Å². The van der Waals surface area contributed by atoms with Crippen molar-refractivity contribution in [2.75, 3.05) is 10.6 Å². The van der Waals surface area contributed by atoms with Crippen LogP contribution in [0.15, 0.2) is 52.4 Å². The monoisotopic (exact) mass is 427 g/mol. The third kappa shape index (κ3) is 4.16. The number of sulfone groups is 1. The smallest absolute Gasteiger partial charge is 0.451 e. The molecule has 3 rings (SSSR count). The van der Waals surface area contributed by atoms with E-state index in [-0.39, 0.29) is 18.9 Å². The topological polar surface area (TPSA) is 115 Å². The molecule has 154 valence electrons. The van der Waals surface area contributed by atoms with Gasteiger partial charge in [0.15, 0.2) is 6.39 Å². The van der Waals surface area contributed by atoms with Crippen molar-refractivity contribution in [3.8, 4) is 0 Å². The zero-order chi connectivity index (χ0) is 21.2. The Morgan fingerprint density at radius 1 is 1.21 bits per heavy atom. The summed E-state index contributed by atoms with van der Waals surface area (Å²) < 4.78 is 67.3. The maximum atomic E-state index is 12.9. The Kier molecular flexibility index (Phi) is 5.46. The molecule has 0 fully saturated rings. The second kappa shape index (κ2) is 7.70. The highest BCUT2D eigenvalue weighted by atomic mass is 32.2. The van der Waals surface area contributed by atoms with Crippen molar-refractivity contribution in [1.29, 1.82) is 0 Å². The first-order valence-corrected chi connectivity index (χ1v) is 9.79. The van der Waals surface area contributed by atoms with E-state index in [9.17, 15) is 21.6 Å². The molecule has 2 aromatic heterocycles. The first-order chi connectivity index (χ1) is 13.6. The van der Waals surface area contributed by atoms with Crippen molar-refractivity contribution in [1.82, 2.24) is 15.0 Å². The van der Waals surface area contributed by atoms with Gasteiger partial charge in [0.1, 0.15) is 12.1 Å². The van der Waals surface area contributed by atoms with Crippen molar-refractivity contribution in [2.24, 2.45) is 0 Å². The molecule has 3 aromatic rings. The van der Waals surface area contributed by atoms with Crippen LogP contribution in [0.25, 0.3) is 0 Å². The Labute approximate surface area is 164 Å². The lowest BCUT2D eigenvalue weighted by molar-refractivity contribution is -0.0436. The number of nitrogen functional groups attached to an aromatic ring is 1. The van der Waals surface area contributed by atoms with E-state index in [0.29, 0.717) is 22.8 Å². The van der Waals surface area contributed by atoms with E-state index in [1.54, 1.807) is 17.9 Å². The van der Waals surface area contributed by atoms with Gasteiger partial charge in [-0.1, -0.05) is 6.92 Å². The summed E-state index contributed by atoms with van der Waals surface area (Å²) in [6, 6.07) is 4.79. The molecule has 0 unspecified atom stereocenters. The Bertz CT molecular complexity index is 1100. The van der Waals surface area contributed by atoms with Crippen molar-refractivity contribution < 1.29 is 26.0 Å². The lowest BCUT2D eigenvalue weighted by Gasteiger charge is -2.26. The van der Waals surface area contributed by atoms with Gasteiger partial charge in [0.05, 0.1) is 17.1 Å². The Morgan fingerprint density at radius 3 is 2.55 bits per heavy atom. The van der Waals surface area contributed by atoms with E-state index in [0.717, 1.165) is 12.1 Å². The molecular weight excluding hydrogens is 411 g/mol. The van der Waals surface area contributed by atoms with Crippen molar-refractivity contribution in [2.45, 2.75) is 30.3 Å². The van der Waals surface area contributed by atoms with Gasteiger partial charge in [-0.3, -0.25) is 0 Å². The molecule has 0 aliphatic heterocycles. The largest absolute Gasteiger partial charge is 0.501 e. The number of benzene rings is 1. The molecule has 0 spiro atoms. The molecule has 0 atom stereocenters. The number of aryl methyl sites for hydroxylation is 1. The quantitative estimate of drug-likeness (QED) is 0.638. The summed E-state index contributed by atoms with van der Waals surface area (Å²) >= 11 is 0. The molecule has 0 bridgehead atoms. The van der Waals surface area contributed by atoms with Crippen LogP contribution in [-0.2, 0) is 22.8 Å². The molecule has 0 amide bonds. The van der Waals surface area contributed by atoms with Crippen molar-refractivity contribution >= 4 is 27.3 Å². The Morgan fingerprint density at radius 2 is 1.97 bits per heavy atom. The summed E-state index contributed by atoms with van der Waals surface area (Å²) in [6.07, 6.45) is 4.35. The van der Waals surface area contributed by atoms with Crippen LogP contribution in [0, 0.1) is 0 Å². The minimum atomic E-state index is -5.46. The molecule has 12 heteroatoms. The van der Waals surface area contributed by atoms with Gasteiger partial charge in [0.25, 0.3) is 9.84 Å². The highest BCUT2D eigenvalue weighted by Crippen LogP contribution is 2.35. The summed E-state index contributed by atoms with van der Waals surface area (Å²) in [6.45, 7) is 1.86. The van der Waals surface area contributed by atoms with Gasteiger partial charge >= 0.3 is 5.51 Å². The minimum Gasteiger partial charge on any atom is -0.451 e. The second-order valence-electron chi connectivity index (χ2n) is 5.93. The number of nitrogens with zero attached hydrogens (tertiary/aromatic N) is 4. The maximum Gasteiger partial charge on any atom is 0.501 e. The number of oxazole rings is 1. The Balaban J connectivity index is 2.12. The van der Waals surface area contributed by atoms with Gasteiger partial charge in [0.2, 0.25) is 5.95 Å². The molecule has 0 saturated heterocycles. The van der Waals surface area contributed by atoms with Crippen LogP contribution >= 0.6 is 0 Å². The standard InChI is InChI=1S/C17H16F3N5O3S/c1-2-11-7-13(29(26,27)17(18,19)20)3-4-14(11)25(8-12-9-28-10-23-12)15-5-6-22-16(21)24-15/h3-7,9-10H,2,8H2,1H3,(H2,21,22,24). The van der Waals surface area contributed by atoms with Crippen LogP contribution in [0.4, 0.5) is 30.6 Å². The number of halogens is 3. The number of nitrogens with two attached hydrogens (primary N) is 1. The summed E-state index contributed by atoms with van der Waals surface area (Å²) in [4.78, 5) is 12.8. The van der Waals surface area contributed by atoms with Gasteiger partial charge in [-0.05, 0) is 36.2 Å². The fourth-order valence-electron chi connectivity index (χ4n) is 2.69. The molecule has 0 aliphatic carbocycles. The van der Waals surface area contributed by atoms with Crippen molar-refractivity contribution in [3.05, 3.63) is 54.4 Å². The summed E-state index contributed by atoms with van der Waals surface area (Å²) in [5.74, 6) is 0.364. The van der Waals surface area contributed by atoms with Crippen LogP contribution in [0.3, 0.4) is 0 Å². The minimum absolute atomic E-state index is 0.00182. The van der Waals surface area contributed by atoms with E-state index in [4.69, 9.17) is 10.2 Å². The molecule has 29 heavy (non-hydrogen) atoms. The van der Waals surface area contributed by atoms with E-state index in [2.05, 4.69) is 15.0 Å². The first kappa shape index (κ1) is 20.6. The van der Waals surface area contributed by atoms with E-state index < -0.39 is 20.2 Å². The average molecular weight is 427 g/mol. The SMILES string of the molecule is CCc1cc(S(=O)(=O)C(F)(F)F)ccc1N(Cc1cocn1)c1ccnc(N)n1. The van der Waals surface area contributed by atoms with Gasteiger partial charge in [-0.2, -0.15) is 18.2 Å². The first-order valence-electron chi connectivity index (χ1n) is 8.31. The molecule has 1 aromatic carbocycles. The molecule has 8 nitrogen and oxygen atoms in total. The molecule has 0 radical (unpaired) electrons. The normalized spacial score (nSPS) is 12.1. The number of aromatic nitrogens is 3. The Hall–Kier alpha value is -3.15. The van der Waals surface area contributed by atoms with Crippen molar-refractivity contribution in [3.63, 3.8) is 0 Å². The summed E-state index contributed by atoms with van der Waals surface area (Å²) in [5.41, 5.74) is 1.62. The van der Waals surface area contributed by atoms with E-state index in [1.165, 1.54) is 24.9 Å². The number of anilines is 3. The van der Waals surface area contributed by atoms with Crippen LogP contribution in [0.2, 0.25) is 0 Å². The van der Waals surface area contributed by atoms with E-state index in [1.807, 2.05) is 0 Å². The molecular formula is C17H16F3N5O3S. The average Bonchev–Trinajstić information content (AvgIpc) is 3.18. The molecule has 2 N–H and O–H groups in total. The fraction of sp³-hybridized carbons (Fsp3) is 0.235. The zero-order valence-electron chi connectivity index (χ0n) is 15.1. The van der Waals surface area contributed by atoms with Gasteiger partial charge in [0, 0.05) is 11.9 Å². The molecule has 0 saturated carbocycles. The lowest BCUT2D eigenvalue weighted by Crippen LogP contribution is -2.24. The maximum absolute atomic E-state index is 12.9. The highest BCUT2D eigenvalue weighted by Gasteiger charge is 2.47. The molecule has 0 aliphatic rings. The second-order valence-corrected chi connectivity index (χ2v) is 7.87.